The fourth-order valence-electron chi connectivity index (χ4n) is 4.43. The van der Waals surface area contributed by atoms with Crippen molar-refractivity contribution in [1.29, 1.82) is 0 Å². The maximum atomic E-state index is 13.3. The van der Waals surface area contributed by atoms with Gasteiger partial charge in [0.25, 0.3) is 5.91 Å². The van der Waals surface area contributed by atoms with E-state index in [2.05, 4.69) is 5.32 Å². The quantitative estimate of drug-likeness (QED) is 0.608. The Morgan fingerprint density at radius 3 is 2.48 bits per heavy atom. The lowest BCUT2D eigenvalue weighted by atomic mass is 9.79. The number of aryl methyl sites for hydroxylation is 1. The molecule has 1 spiro atoms. The normalized spacial score (nSPS) is 23.1. The molecule has 1 aromatic carbocycles. The van der Waals surface area contributed by atoms with Gasteiger partial charge >= 0.3 is 6.16 Å². The third kappa shape index (κ3) is 4.67. The molecule has 170 valence electrons. The highest BCUT2D eigenvalue weighted by Gasteiger charge is 2.51. The van der Waals surface area contributed by atoms with E-state index in [1.54, 1.807) is 20.1 Å². The van der Waals surface area contributed by atoms with Gasteiger partial charge in [0, 0.05) is 17.7 Å². The Labute approximate surface area is 188 Å². The van der Waals surface area contributed by atoms with Crippen LogP contribution in [0.5, 0.6) is 5.75 Å². The van der Waals surface area contributed by atoms with Crippen molar-refractivity contribution in [3.8, 4) is 5.75 Å². The van der Waals surface area contributed by atoms with Crippen LogP contribution in [0.15, 0.2) is 17.9 Å². The minimum absolute atomic E-state index is 0.108. The van der Waals surface area contributed by atoms with Crippen molar-refractivity contribution in [3.05, 3.63) is 34.0 Å². The molecular weight excluding hydrogens is 422 g/mol. The zero-order valence-electron chi connectivity index (χ0n) is 18.5. The van der Waals surface area contributed by atoms with Gasteiger partial charge in [0.1, 0.15) is 5.75 Å². The molecule has 1 saturated carbocycles. The molecule has 7 nitrogen and oxygen atoms in total. The lowest BCUT2D eigenvalue weighted by Gasteiger charge is -2.37. The van der Waals surface area contributed by atoms with Crippen molar-refractivity contribution >= 4 is 29.2 Å². The summed E-state index contributed by atoms with van der Waals surface area (Å²) in [4.78, 5) is 25.7. The molecule has 1 aliphatic carbocycles. The first-order chi connectivity index (χ1) is 14.9. The van der Waals surface area contributed by atoms with Crippen LogP contribution in [0.25, 0.3) is 5.57 Å². The van der Waals surface area contributed by atoms with Gasteiger partial charge in [-0.1, -0.05) is 18.5 Å². The Balaban J connectivity index is 2.19. The van der Waals surface area contributed by atoms with Crippen LogP contribution in [-0.4, -0.2) is 44.0 Å². The zero-order chi connectivity index (χ0) is 22.6. The summed E-state index contributed by atoms with van der Waals surface area (Å²) in [6.45, 7) is 6.12. The third-order valence-electron chi connectivity index (χ3n) is 5.89. The molecule has 2 aliphatic rings. The largest absolute Gasteiger partial charge is 0.513 e. The summed E-state index contributed by atoms with van der Waals surface area (Å²) >= 11 is 6.30. The van der Waals surface area contributed by atoms with Crippen LogP contribution in [-0.2, 0) is 25.4 Å². The molecule has 31 heavy (non-hydrogen) atoms. The number of rotatable bonds is 7. The van der Waals surface area contributed by atoms with E-state index in [0.717, 1.165) is 18.4 Å². The van der Waals surface area contributed by atoms with Crippen molar-refractivity contribution in [2.75, 3.05) is 20.3 Å². The second-order valence-corrected chi connectivity index (χ2v) is 8.12. The lowest BCUT2D eigenvalue weighted by Crippen LogP contribution is -2.49. The van der Waals surface area contributed by atoms with Gasteiger partial charge in [0.15, 0.2) is 5.76 Å². The number of hydrogen-bond donors (Lipinski definition) is 1. The Hall–Kier alpha value is -2.25. The molecule has 0 radical (unpaired) electrons. The first-order valence-electron chi connectivity index (χ1n) is 10.8. The van der Waals surface area contributed by atoms with Crippen molar-refractivity contribution in [1.82, 2.24) is 5.32 Å². The third-order valence-corrected chi connectivity index (χ3v) is 6.11. The van der Waals surface area contributed by atoms with Crippen LogP contribution >= 0.6 is 11.6 Å². The smallest absolute Gasteiger partial charge is 0.493 e. The maximum absolute atomic E-state index is 13.3. The number of methoxy groups -OCH3 is 1. The van der Waals surface area contributed by atoms with E-state index >= 15 is 0 Å². The summed E-state index contributed by atoms with van der Waals surface area (Å²) in [6, 6.07) is 3.50. The van der Waals surface area contributed by atoms with E-state index in [9.17, 15) is 9.59 Å². The van der Waals surface area contributed by atoms with Crippen LogP contribution in [0.4, 0.5) is 4.79 Å². The zero-order valence-corrected chi connectivity index (χ0v) is 19.3. The molecule has 0 aromatic heterocycles. The first kappa shape index (κ1) is 23.4. The fourth-order valence-corrected chi connectivity index (χ4v) is 4.66. The van der Waals surface area contributed by atoms with E-state index in [4.69, 9.17) is 30.5 Å². The van der Waals surface area contributed by atoms with Gasteiger partial charge in [-0.2, -0.15) is 0 Å². The number of hydrogen-bond acceptors (Lipinski definition) is 6. The Morgan fingerprint density at radius 1 is 1.19 bits per heavy atom. The molecule has 0 atom stereocenters. The number of halogens is 1. The molecule has 8 heteroatoms. The van der Waals surface area contributed by atoms with Gasteiger partial charge in [0.05, 0.1) is 30.4 Å². The van der Waals surface area contributed by atoms with Crippen LogP contribution in [0.1, 0.15) is 57.6 Å². The lowest BCUT2D eigenvalue weighted by molar-refractivity contribution is -0.116. The molecule has 1 fully saturated rings. The number of amides is 1. The number of ether oxygens (including phenoxy) is 4. The average molecular weight is 452 g/mol. The highest BCUT2D eigenvalue weighted by Crippen LogP contribution is 2.46. The number of carbonyl (C=O) groups excluding carboxylic acids is 2. The molecule has 1 aliphatic heterocycles. The molecule has 0 unspecified atom stereocenters. The average Bonchev–Trinajstić information content (AvgIpc) is 2.99. The van der Waals surface area contributed by atoms with Gasteiger partial charge in [-0.05, 0) is 63.6 Å². The Bertz CT molecular complexity index is 873. The van der Waals surface area contributed by atoms with E-state index in [0.29, 0.717) is 53.5 Å². The number of benzene rings is 1. The molecule has 1 N–H and O–H groups in total. The molecule has 0 saturated heterocycles. The van der Waals surface area contributed by atoms with Crippen LogP contribution in [0.3, 0.4) is 0 Å². The predicted octanol–water partition coefficient (Wildman–Crippen LogP) is 4.64. The number of nitrogens with one attached hydrogen (secondary N) is 1. The highest BCUT2D eigenvalue weighted by molar-refractivity contribution is 6.31. The molecule has 1 aromatic rings. The Kier molecular flexibility index (Phi) is 7.49. The van der Waals surface area contributed by atoms with E-state index in [1.165, 1.54) is 0 Å². The van der Waals surface area contributed by atoms with Crippen molar-refractivity contribution in [2.24, 2.45) is 0 Å². The maximum Gasteiger partial charge on any atom is 0.513 e. The highest BCUT2D eigenvalue weighted by atomic mass is 35.5. The predicted molar refractivity (Wildman–Crippen MR) is 117 cm³/mol. The fraction of sp³-hybridized carbons (Fsp3) is 0.565. The first-order valence-corrected chi connectivity index (χ1v) is 11.2. The number of carbonyl (C=O) groups is 2. The summed E-state index contributed by atoms with van der Waals surface area (Å²) in [5.41, 5.74) is 0.966. The molecule has 0 bridgehead atoms. The molecule has 1 heterocycles. The van der Waals surface area contributed by atoms with Crippen LogP contribution < -0.4 is 10.1 Å². The van der Waals surface area contributed by atoms with Gasteiger partial charge in [-0.3, -0.25) is 4.79 Å². The van der Waals surface area contributed by atoms with Gasteiger partial charge in [-0.15, -0.1) is 0 Å². The van der Waals surface area contributed by atoms with E-state index in [1.807, 2.05) is 19.9 Å². The Morgan fingerprint density at radius 2 is 1.90 bits per heavy atom. The summed E-state index contributed by atoms with van der Waals surface area (Å²) in [6.07, 6.45) is 2.56. The monoisotopic (exact) mass is 451 g/mol. The van der Waals surface area contributed by atoms with Gasteiger partial charge in [-0.25, -0.2) is 4.79 Å². The molecular formula is C23H30ClNO6. The van der Waals surface area contributed by atoms with Crippen molar-refractivity contribution < 1.29 is 28.5 Å². The summed E-state index contributed by atoms with van der Waals surface area (Å²) < 4.78 is 22.1. The second kappa shape index (κ2) is 9.92. The molecule has 1 amide bonds. The minimum atomic E-state index is -0.829. The molecule has 3 rings (SSSR count). The van der Waals surface area contributed by atoms with E-state index in [-0.39, 0.29) is 18.6 Å². The van der Waals surface area contributed by atoms with Gasteiger partial charge in [0.2, 0.25) is 0 Å². The van der Waals surface area contributed by atoms with E-state index < -0.39 is 11.7 Å². The minimum Gasteiger partial charge on any atom is -0.493 e. The summed E-state index contributed by atoms with van der Waals surface area (Å²) in [7, 11) is 1.68. The topological polar surface area (TPSA) is 83.1 Å². The summed E-state index contributed by atoms with van der Waals surface area (Å²) in [5.74, 6) is 0.487. The van der Waals surface area contributed by atoms with Gasteiger partial charge < -0.3 is 24.3 Å². The van der Waals surface area contributed by atoms with Crippen LogP contribution in [0.2, 0.25) is 5.02 Å². The van der Waals surface area contributed by atoms with Crippen molar-refractivity contribution in [3.63, 3.8) is 0 Å². The summed E-state index contributed by atoms with van der Waals surface area (Å²) in [5, 5.41) is 3.63. The van der Waals surface area contributed by atoms with Crippen molar-refractivity contribution in [2.45, 2.75) is 64.5 Å². The second-order valence-electron chi connectivity index (χ2n) is 7.69. The SMILES string of the molecule is CCOC(=O)OC1=C(c2c(CC)cc(Cl)cc2OCC)C(=O)NC12CCC(OC)CC2. The standard InChI is InChI=1S/C23H30ClNO6/c1-5-14-12-15(24)13-17(29-6-2)18(14)19-20(31-22(27)30-7-3)23(25-21(19)26)10-8-16(28-4)9-11-23/h12-13,16H,5-11H2,1-4H3,(H,25,26). The van der Waals surface area contributed by atoms with Crippen LogP contribution in [0, 0.1) is 0 Å².